The third-order valence-corrected chi connectivity index (χ3v) is 2.80. The van der Waals surface area contributed by atoms with Gasteiger partial charge in [-0.15, -0.1) is 0 Å². The topological polar surface area (TPSA) is 0 Å². The van der Waals surface area contributed by atoms with Crippen molar-refractivity contribution < 1.29 is 22.0 Å². The zero-order chi connectivity index (χ0) is 14.2. The highest BCUT2D eigenvalue weighted by Crippen LogP contribution is 2.34. The average molecular weight is 272 g/mol. The Hall–Kier alpha value is -1.91. The average Bonchev–Trinajstić information content (AvgIpc) is 2.32. The molecule has 0 spiro atoms. The van der Waals surface area contributed by atoms with Crippen LogP contribution in [0.25, 0.3) is 11.1 Å². The maximum Gasteiger partial charge on any atom is 0.416 e. The van der Waals surface area contributed by atoms with Crippen LogP contribution in [0.1, 0.15) is 11.1 Å². The molecule has 0 aliphatic heterocycles. The molecule has 0 aromatic heterocycles. The smallest absolute Gasteiger partial charge is 0.204 e. The molecule has 0 aliphatic rings. The summed E-state index contributed by atoms with van der Waals surface area (Å²) >= 11 is 0. The van der Waals surface area contributed by atoms with Crippen LogP contribution < -0.4 is 0 Å². The van der Waals surface area contributed by atoms with Gasteiger partial charge in [0.1, 0.15) is 0 Å². The van der Waals surface area contributed by atoms with Gasteiger partial charge in [0.15, 0.2) is 11.6 Å². The van der Waals surface area contributed by atoms with Crippen molar-refractivity contribution in [3.05, 3.63) is 59.2 Å². The first kappa shape index (κ1) is 13.5. The van der Waals surface area contributed by atoms with Crippen LogP contribution in [0.3, 0.4) is 0 Å². The van der Waals surface area contributed by atoms with E-state index in [0.29, 0.717) is 0 Å². The van der Waals surface area contributed by atoms with Crippen LogP contribution in [0.15, 0.2) is 36.4 Å². The van der Waals surface area contributed by atoms with Gasteiger partial charge in [0, 0.05) is 5.56 Å². The lowest BCUT2D eigenvalue weighted by Gasteiger charge is -2.12. The lowest BCUT2D eigenvalue weighted by Crippen LogP contribution is -2.05. The van der Waals surface area contributed by atoms with Crippen molar-refractivity contribution in [3.8, 4) is 11.1 Å². The second-order valence-corrected chi connectivity index (χ2v) is 4.13. The number of halogens is 5. The maximum absolute atomic E-state index is 13.6. The first-order valence-corrected chi connectivity index (χ1v) is 5.43. The highest BCUT2D eigenvalue weighted by molar-refractivity contribution is 5.68. The Morgan fingerprint density at radius 2 is 1.58 bits per heavy atom. The zero-order valence-electron chi connectivity index (χ0n) is 9.85. The Kier molecular flexibility index (Phi) is 3.30. The van der Waals surface area contributed by atoms with E-state index in [-0.39, 0.29) is 16.7 Å². The van der Waals surface area contributed by atoms with Gasteiger partial charge in [0.05, 0.1) is 5.56 Å². The van der Waals surface area contributed by atoms with Crippen molar-refractivity contribution in [3.63, 3.8) is 0 Å². The predicted molar refractivity (Wildman–Crippen MR) is 61.5 cm³/mol. The van der Waals surface area contributed by atoms with Crippen LogP contribution in [0.5, 0.6) is 0 Å². The monoisotopic (exact) mass is 272 g/mol. The van der Waals surface area contributed by atoms with Crippen molar-refractivity contribution in [1.29, 1.82) is 0 Å². The van der Waals surface area contributed by atoms with Crippen molar-refractivity contribution in [2.45, 2.75) is 13.1 Å². The summed E-state index contributed by atoms with van der Waals surface area (Å²) in [5, 5.41) is 0. The molecule has 0 aliphatic carbocycles. The van der Waals surface area contributed by atoms with Crippen LogP contribution in [0.2, 0.25) is 0 Å². The third kappa shape index (κ3) is 2.59. The van der Waals surface area contributed by atoms with Crippen LogP contribution in [0, 0.1) is 18.6 Å². The summed E-state index contributed by atoms with van der Waals surface area (Å²) in [6.07, 6.45) is -4.45. The van der Waals surface area contributed by atoms with Crippen molar-refractivity contribution in [2.75, 3.05) is 0 Å². The Morgan fingerprint density at radius 3 is 2.16 bits per heavy atom. The van der Waals surface area contributed by atoms with E-state index in [2.05, 4.69) is 0 Å². The van der Waals surface area contributed by atoms with Gasteiger partial charge >= 0.3 is 6.18 Å². The molecule has 0 saturated heterocycles. The summed E-state index contributed by atoms with van der Waals surface area (Å²) in [7, 11) is 0. The van der Waals surface area contributed by atoms with Gasteiger partial charge in [0.2, 0.25) is 0 Å². The van der Waals surface area contributed by atoms with Crippen molar-refractivity contribution >= 4 is 0 Å². The van der Waals surface area contributed by atoms with E-state index in [9.17, 15) is 22.0 Å². The van der Waals surface area contributed by atoms with Crippen molar-refractivity contribution in [1.82, 2.24) is 0 Å². The minimum absolute atomic E-state index is 0.0498. The summed E-state index contributed by atoms with van der Waals surface area (Å²) in [6.45, 7) is 1.43. The SMILES string of the molecule is Cc1cc(C(F)(F)F)ccc1-c1cccc(F)c1F. The van der Waals surface area contributed by atoms with Crippen LogP contribution in [-0.4, -0.2) is 0 Å². The highest BCUT2D eigenvalue weighted by Gasteiger charge is 2.30. The Balaban J connectivity index is 2.56. The quantitative estimate of drug-likeness (QED) is 0.644. The molecule has 19 heavy (non-hydrogen) atoms. The third-order valence-electron chi connectivity index (χ3n) is 2.80. The molecule has 100 valence electrons. The summed E-state index contributed by atoms with van der Waals surface area (Å²) in [6, 6.07) is 6.51. The van der Waals surface area contributed by atoms with Crippen molar-refractivity contribution in [2.24, 2.45) is 0 Å². The van der Waals surface area contributed by atoms with E-state index in [0.717, 1.165) is 24.3 Å². The van der Waals surface area contributed by atoms with Crippen LogP contribution in [-0.2, 0) is 6.18 Å². The molecule has 0 bridgehead atoms. The molecule has 0 nitrogen and oxygen atoms in total. The van der Waals surface area contributed by atoms with E-state index >= 15 is 0 Å². The van der Waals surface area contributed by atoms with Gasteiger partial charge in [-0.05, 0) is 36.2 Å². The van der Waals surface area contributed by atoms with Gasteiger partial charge in [-0.3, -0.25) is 0 Å². The minimum atomic E-state index is -4.45. The maximum atomic E-state index is 13.6. The molecule has 0 saturated carbocycles. The molecule has 0 heterocycles. The van der Waals surface area contributed by atoms with E-state index in [4.69, 9.17) is 0 Å². The van der Waals surface area contributed by atoms with Gasteiger partial charge < -0.3 is 0 Å². The Morgan fingerprint density at radius 1 is 0.895 bits per heavy atom. The molecular weight excluding hydrogens is 263 g/mol. The molecule has 5 heteroatoms. The fourth-order valence-corrected chi connectivity index (χ4v) is 1.85. The molecule has 0 unspecified atom stereocenters. The van der Waals surface area contributed by atoms with Gasteiger partial charge in [0.25, 0.3) is 0 Å². The summed E-state index contributed by atoms with van der Waals surface area (Å²) in [5.41, 5.74) is -0.388. The number of aryl methyl sites for hydroxylation is 1. The fourth-order valence-electron chi connectivity index (χ4n) is 1.85. The lowest BCUT2D eigenvalue weighted by atomic mass is 9.98. The van der Waals surface area contributed by atoms with E-state index in [1.807, 2.05) is 0 Å². The number of hydrogen-bond donors (Lipinski definition) is 0. The van der Waals surface area contributed by atoms with E-state index < -0.39 is 23.4 Å². The van der Waals surface area contributed by atoms with E-state index in [1.165, 1.54) is 19.1 Å². The number of benzene rings is 2. The first-order chi connectivity index (χ1) is 8.80. The zero-order valence-corrected chi connectivity index (χ0v) is 9.85. The number of rotatable bonds is 1. The predicted octanol–water partition coefficient (Wildman–Crippen LogP) is 4.96. The Bertz CT molecular complexity index is 614. The van der Waals surface area contributed by atoms with Gasteiger partial charge in [-0.2, -0.15) is 13.2 Å². The minimum Gasteiger partial charge on any atom is -0.204 e. The number of hydrogen-bond acceptors (Lipinski definition) is 0. The molecule has 2 aromatic carbocycles. The number of alkyl halides is 3. The second-order valence-electron chi connectivity index (χ2n) is 4.13. The second kappa shape index (κ2) is 4.64. The summed E-state index contributed by atoms with van der Waals surface area (Å²) < 4.78 is 64.2. The molecule has 0 amide bonds. The first-order valence-electron chi connectivity index (χ1n) is 5.43. The van der Waals surface area contributed by atoms with E-state index in [1.54, 1.807) is 0 Å². The van der Waals surface area contributed by atoms with Gasteiger partial charge in [-0.25, -0.2) is 8.78 Å². The standard InChI is InChI=1S/C14H9F5/c1-8-7-9(14(17,18)19)5-6-10(8)11-3-2-4-12(15)13(11)16/h2-7H,1H3. The summed E-state index contributed by atoms with van der Waals surface area (Å²) in [4.78, 5) is 0. The molecule has 0 atom stereocenters. The molecule has 2 rings (SSSR count). The molecule has 2 aromatic rings. The molecule has 0 fully saturated rings. The fraction of sp³-hybridized carbons (Fsp3) is 0.143. The molecule has 0 N–H and O–H groups in total. The highest BCUT2D eigenvalue weighted by atomic mass is 19.4. The molecular formula is C14H9F5. The largest absolute Gasteiger partial charge is 0.416 e. The normalized spacial score (nSPS) is 11.7. The Labute approximate surface area is 106 Å². The van der Waals surface area contributed by atoms with Gasteiger partial charge in [-0.1, -0.05) is 18.2 Å². The lowest BCUT2D eigenvalue weighted by molar-refractivity contribution is -0.137. The molecule has 0 radical (unpaired) electrons. The summed E-state index contributed by atoms with van der Waals surface area (Å²) in [5.74, 6) is -2.10. The van der Waals surface area contributed by atoms with Crippen LogP contribution >= 0.6 is 0 Å². The van der Waals surface area contributed by atoms with Crippen LogP contribution in [0.4, 0.5) is 22.0 Å².